The summed E-state index contributed by atoms with van der Waals surface area (Å²) in [5.74, 6) is 1.39. The number of hydrogen-bond donors (Lipinski definition) is 0. The van der Waals surface area contributed by atoms with E-state index in [-0.39, 0.29) is 5.82 Å². The summed E-state index contributed by atoms with van der Waals surface area (Å²) in [6, 6.07) is 15.4. The van der Waals surface area contributed by atoms with E-state index >= 15 is 0 Å². The summed E-state index contributed by atoms with van der Waals surface area (Å²) in [5, 5.41) is 4.78. The van der Waals surface area contributed by atoms with Crippen LogP contribution < -0.4 is 4.74 Å². The maximum Gasteiger partial charge on any atom is 0.148 e. The Hall–Kier alpha value is -2.66. The van der Waals surface area contributed by atoms with Crippen molar-refractivity contribution in [3.8, 4) is 22.7 Å². The Morgan fingerprint density at radius 3 is 2.61 bits per heavy atom. The van der Waals surface area contributed by atoms with E-state index in [0.29, 0.717) is 11.7 Å². The zero-order chi connectivity index (χ0) is 19.1. The molecule has 0 spiro atoms. The molecule has 1 aliphatic heterocycles. The molecule has 5 heteroatoms. The van der Waals surface area contributed by atoms with Crippen molar-refractivity contribution < 1.29 is 9.13 Å². The quantitative estimate of drug-likeness (QED) is 0.647. The molecule has 2 aromatic carbocycles. The predicted molar refractivity (Wildman–Crippen MR) is 107 cm³/mol. The molecule has 2 heterocycles. The first-order valence-corrected chi connectivity index (χ1v) is 9.93. The number of likely N-dealkylation sites (tertiary alicyclic amines) is 1. The van der Waals surface area contributed by atoms with Gasteiger partial charge in [-0.15, -0.1) is 0 Å². The molecule has 1 aromatic heterocycles. The number of ether oxygens (including phenoxy) is 1. The van der Waals surface area contributed by atoms with Gasteiger partial charge < -0.3 is 4.74 Å². The minimum Gasteiger partial charge on any atom is -0.497 e. The second-order valence-electron chi connectivity index (χ2n) is 7.89. The van der Waals surface area contributed by atoms with Gasteiger partial charge in [-0.3, -0.25) is 4.90 Å². The van der Waals surface area contributed by atoms with Crippen molar-refractivity contribution in [2.45, 2.75) is 31.8 Å². The Balaban J connectivity index is 1.54. The molecule has 2 aliphatic rings. The van der Waals surface area contributed by atoms with Crippen LogP contribution in [-0.4, -0.2) is 34.4 Å². The van der Waals surface area contributed by atoms with E-state index in [1.807, 2.05) is 36.5 Å². The van der Waals surface area contributed by atoms with Crippen LogP contribution >= 0.6 is 0 Å². The van der Waals surface area contributed by atoms with E-state index in [4.69, 9.17) is 9.84 Å². The van der Waals surface area contributed by atoms with E-state index in [1.165, 1.54) is 25.3 Å². The van der Waals surface area contributed by atoms with Gasteiger partial charge in [0.1, 0.15) is 17.3 Å². The van der Waals surface area contributed by atoms with Gasteiger partial charge in [0.25, 0.3) is 0 Å². The second kappa shape index (κ2) is 7.06. The number of nitrogens with zero attached hydrogens (tertiary/aromatic N) is 3. The Bertz CT molecular complexity index is 982. The van der Waals surface area contributed by atoms with E-state index in [0.717, 1.165) is 41.6 Å². The van der Waals surface area contributed by atoms with Gasteiger partial charge in [-0.25, -0.2) is 9.07 Å². The number of piperidine rings is 1. The highest BCUT2D eigenvalue weighted by Crippen LogP contribution is 2.39. The Labute approximate surface area is 164 Å². The van der Waals surface area contributed by atoms with Gasteiger partial charge >= 0.3 is 0 Å². The van der Waals surface area contributed by atoms with Crippen molar-refractivity contribution in [2.75, 3.05) is 13.7 Å². The molecule has 2 atom stereocenters. The first-order valence-electron chi connectivity index (χ1n) is 9.93. The number of rotatable bonds is 5. The third-order valence-corrected chi connectivity index (χ3v) is 6.15. The van der Waals surface area contributed by atoms with Gasteiger partial charge in [0, 0.05) is 36.5 Å². The van der Waals surface area contributed by atoms with E-state index in [9.17, 15) is 4.39 Å². The van der Waals surface area contributed by atoms with Crippen molar-refractivity contribution in [3.63, 3.8) is 0 Å². The van der Waals surface area contributed by atoms with E-state index in [1.54, 1.807) is 23.9 Å². The van der Waals surface area contributed by atoms with Crippen LogP contribution in [0.1, 0.15) is 24.8 Å². The van der Waals surface area contributed by atoms with Gasteiger partial charge in [0.05, 0.1) is 12.8 Å². The highest BCUT2D eigenvalue weighted by atomic mass is 19.1. The summed E-state index contributed by atoms with van der Waals surface area (Å²) in [7, 11) is 1.66. The Morgan fingerprint density at radius 2 is 1.93 bits per heavy atom. The summed E-state index contributed by atoms with van der Waals surface area (Å²) < 4.78 is 21.3. The first-order chi connectivity index (χ1) is 13.7. The molecule has 0 N–H and O–H groups in total. The molecule has 144 valence electrons. The van der Waals surface area contributed by atoms with Crippen molar-refractivity contribution in [1.29, 1.82) is 0 Å². The average molecular weight is 377 g/mol. The molecule has 4 nitrogen and oxygen atoms in total. The summed E-state index contributed by atoms with van der Waals surface area (Å²) >= 11 is 0. The molecule has 28 heavy (non-hydrogen) atoms. The van der Waals surface area contributed by atoms with Crippen molar-refractivity contribution in [2.24, 2.45) is 5.92 Å². The average Bonchev–Trinajstić information content (AvgIpc) is 3.44. The van der Waals surface area contributed by atoms with Crippen LogP contribution in [0.4, 0.5) is 4.39 Å². The van der Waals surface area contributed by atoms with E-state index in [2.05, 4.69) is 4.90 Å². The van der Waals surface area contributed by atoms with Gasteiger partial charge in [-0.05, 0) is 61.6 Å². The summed E-state index contributed by atoms with van der Waals surface area (Å²) in [6.45, 7) is 2.02. The highest BCUT2D eigenvalue weighted by Gasteiger charge is 2.38. The molecule has 0 radical (unpaired) electrons. The van der Waals surface area contributed by atoms with Crippen molar-refractivity contribution >= 4 is 0 Å². The number of aromatic nitrogens is 2. The predicted octanol–water partition coefficient (Wildman–Crippen LogP) is 4.67. The normalized spacial score (nSPS) is 21.4. The Kier molecular flexibility index (Phi) is 4.40. The van der Waals surface area contributed by atoms with Gasteiger partial charge in [0.15, 0.2) is 0 Å². The fraction of sp³-hybridized carbons (Fsp3) is 0.348. The smallest absolute Gasteiger partial charge is 0.148 e. The minimum absolute atomic E-state index is 0.266. The lowest BCUT2D eigenvalue weighted by Crippen LogP contribution is -2.31. The molecule has 2 bridgehead atoms. The maximum absolute atomic E-state index is 14.4. The van der Waals surface area contributed by atoms with Gasteiger partial charge in [-0.2, -0.15) is 5.10 Å². The first kappa shape index (κ1) is 17.4. The number of hydrogen-bond acceptors (Lipinski definition) is 3. The van der Waals surface area contributed by atoms with Crippen LogP contribution in [0.3, 0.4) is 0 Å². The third kappa shape index (κ3) is 3.10. The molecule has 0 amide bonds. The number of fused-ring (bicyclic) bond motifs is 2. The maximum atomic E-state index is 14.4. The topological polar surface area (TPSA) is 30.3 Å². The second-order valence-corrected chi connectivity index (χ2v) is 7.89. The van der Waals surface area contributed by atoms with Crippen molar-refractivity contribution in [1.82, 2.24) is 14.7 Å². The fourth-order valence-corrected chi connectivity index (χ4v) is 4.72. The largest absolute Gasteiger partial charge is 0.497 e. The molecular weight excluding hydrogens is 353 g/mol. The molecule has 1 saturated carbocycles. The van der Waals surface area contributed by atoms with Gasteiger partial charge in [-0.1, -0.05) is 12.1 Å². The SMILES string of the molecule is COc1ccc(-c2nn(-c3ccccc3F)cc2CN2C[C@H]3CC[C@H]2C3)cc1. The fourth-order valence-electron chi connectivity index (χ4n) is 4.72. The van der Waals surface area contributed by atoms with Crippen LogP contribution in [0.2, 0.25) is 0 Å². The van der Waals surface area contributed by atoms with E-state index < -0.39 is 0 Å². The Morgan fingerprint density at radius 1 is 1.11 bits per heavy atom. The third-order valence-electron chi connectivity index (χ3n) is 6.15. The molecular formula is C23H24FN3O. The number of benzene rings is 2. The summed E-state index contributed by atoms with van der Waals surface area (Å²) in [4.78, 5) is 2.57. The monoisotopic (exact) mass is 377 g/mol. The zero-order valence-corrected chi connectivity index (χ0v) is 16.0. The number of halogens is 1. The van der Waals surface area contributed by atoms with Crippen LogP contribution in [0.5, 0.6) is 5.75 Å². The minimum atomic E-state index is -0.266. The lowest BCUT2D eigenvalue weighted by atomic mass is 10.1. The van der Waals surface area contributed by atoms with Crippen LogP contribution in [0.25, 0.3) is 16.9 Å². The lowest BCUT2D eigenvalue weighted by molar-refractivity contribution is 0.205. The van der Waals surface area contributed by atoms with Crippen LogP contribution in [0, 0.1) is 11.7 Å². The zero-order valence-electron chi connectivity index (χ0n) is 16.0. The van der Waals surface area contributed by atoms with Gasteiger partial charge in [0.2, 0.25) is 0 Å². The highest BCUT2D eigenvalue weighted by molar-refractivity contribution is 5.64. The summed E-state index contributed by atoms with van der Waals surface area (Å²) in [5.41, 5.74) is 3.55. The lowest BCUT2D eigenvalue weighted by Gasteiger charge is -2.26. The molecule has 3 aromatic rings. The van der Waals surface area contributed by atoms with Crippen LogP contribution in [-0.2, 0) is 6.54 Å². The van der Waals surface area contributed by atoms with Crippen LogP contribution in [0.15, 0.2) is 54.7 Å². The standard InChI is InChI=1S/C23H24FN3O/c1-28-20-10-7-17(8-11-20)23-18(14-26-13-16-6-9-19(26)12-16)15-27(25-23)22-5-3-2-4-21(22)24/h2-5,7-8,10-11,15-16,19H,6,9,12-14H2,1H3/t16-,19-/m0/s1. The number of para-hydroxylation sites is 1. The molecule has 1 aliphatic carbocycles. The molecule has 5 rings (SSSR count). The molecule has 2 fully saturated rings. The van der Waals surface area contributed by atoms with Crippen molar-refractivity contribution in [3.05, 3.63) is 66.1 Å². The summed E-state index contributed by atoms with van der Waals surface area (Å²) in [6.07, 6.45) is 5.97. The molecule has 0 unspecified atom stereocenters. The number of methoxy groups -OCH3 is 1. The molecule has 1 saturated heterocycles.